The van der Waals surface area contributed by atoms with Crippen molar-refractivity contribution < 1.29 is 9.90 Å². The van der Waals surface area contributed by atoms with Crippen molar-refractivity contribution in [1.82, 2.24) is 0 Å². The van der Waals surface area contributed by atoms with Crippen LogP contribution in [0.5, 0.6) is 0 Å². The Morgan fingerprint density at radius 2 is 1.14 bits per heavy atom. The van der Waals surface area contributed by atoms with E-state index < -0.39 is 25.7 Å². The standard InChI is InChI=1S/C8H16O2.3C6H5.Sn.H/c1-3-5-6-7(4-2)8(9)10;3*1-2-4-6-5-3-1;;/h7H,3-6H2,1-2H3,(H,9,10);3*1-5H;;. The van der Waals surface area contributed by atoms with E-state index in [0.717, 1.165) is 25.7 Å². The first kappa shape index (κ1) is 23.2. The van der Waals surface area contributed by atoms with Crippen molar-refractivity contribution in [2.24, 2.45) is 5.92 Å². The number of carboxylic acids is 1. The van der Waals surface area contributed by atoms with Gasteiger partial charge in [-0.25, -0.2) is 0 Å². The summed E-state index contributed by atoms with van der Waals surface area (Å²) in [6.45, 7) is 4.00. The van der Waals surface area contributed by atoms with Crippen molar-refractivity contribution in [2.75, 3.05) is 0 Å². The topological polar surface area (TPSA) is 37.3 Å². The average molecular weight is 495 g/mol. The molecule has 0 saturated carbocycles. The SMILES string of the molecule is CCCCC(CC)C(=O)O.c1cc[c]([SnH]([c]2ccccc2)[c]2ccccc2)cc1. The third-order valence-corrected chi connectivity index (χ3v) is 14.2. The zero-order valence-electron chi connectivity index (χ0n) is 17.5. The molecule has 0 amide bonds. The molecule has 2 nitrogen and oxygen atoms in total. The molecule has 0 heterocycles. The molecule has 1 N–H and O–H groups in total. The van der Waals surface area contributed by atoms with Gasteiger partial charge in [0.05, 0.1) is 5.92 Å². The minimum atomic E-state index is -2.14. The Hall–Kier alpha value is -2.07. The molecule has 0 aliphatic carbocycles. The van der Waals surface area contributed by atoms with E-state index in [-0.39, 0.29) is 5.92 Å². The van der Waals surface area contributed by atoms with E-state index >= 15 is 0 Å². The van der Waals surface area contributed by atoms with Crippen molar-refractivity contribution in [3.63, 3.8) is 0 Å². The fourth-order valence-corrected chi connectivity index (χ4v) is 12.0. The summed E-state index contributed by atoms with van der Waals surface area (Å²) in [6, 6.07) is 33.0. The summed E-state index contributed by atoms with van der Waals surface area (Å²) in [5.74, 6) is -0.754. The maximum absolute atomic E-state index is 10.4. The minimum absolute atomic E-state index is 0.111. The van der Waals surface area contributed by atoms with Crippen molar-refractivity contribution in [1.29, 1.82) is 0 Å². The second-order valence-electron chi connectivity index (χ2n) is 7.25. The van der Waals surface area contributed by atoms with Crippen molar-refractivity contribution >= 4 is 36.5 Å². The van der Waals surface area contributed by atoms with E-state index in [0.29, 0.717) is 0 Å². The Labute approximate surface area is 182 Å². The molecule has 3 heteroatoms. The predicted molar refractivity (Wildman–Crippen MR) is 126 cm³/mol. The zero-order valence-corrected chi connectivity index (χ0v) is 20.8. The van der Waals surface area contributed by atoms with E-state index in [1.54, 1.807) is 10.7 Å². The molecule has 0 saturated heterocycles. The first-order chi connectivity index (χ1) is 14.2. The number of carboxylic acid groups (broad SMARTS) is 1. The summed E-state index contributed by atoms with van der Waals surface area (Å²) in [7, 11) is 0. The summed E-state index contributed by atoms with van der Waals surface area (Å²) >= 11 is -2.14. The number of hydrogen-bond acceptors (Lipinski definition) is 1. The van der Waals surface area contributed by atoms with Gasteiger partial charge < -0.3 is 5.11 Å². The van der Waals surface area contributed by atoms with Crippen LogP contribution in [0.15, 0.2) is 91.0 Å². The number of unbranched alkanes of at least 4 members (excludes halogenated alkanes) is 1. The molecule has 0 aliphatic rings. The molecule has 0 spiro atoms. The summed E-state index contributed by atoms with van der Waals surface area (Å²) in [5.41, 5.74) is 0. The molecule has 1 atom stereocenters. The Balaban J connectivity index is 0.000000257. The average Bonchev–Trinajstić information content (AvgIpc) is 2.77. The van der Waals surface area contributed by atoms with Gasteiger partial charge in [0, 0.05) is 0 Å². The van der Waals surface area contributed by atoms with Crippen molar-refractivity contribution in [3.05, 3.63) is 91.0 Å². The van der Waals surface area contributed by atoms with Gasteiger partial charge in [-0.3, -0.25) is 4.79 Å². The van der Waals surface area contributed by atoms with Crippen LogP contribution in [0.3, 0.4) is 0 Å². The van der Waals surface area contributed by atoms with Crippen LogP contribution in [0.2, 0.25) is 0 Å². The van der Waals surface area contributed by atoms with Crippen LogP contribution >= 0.6 is 0 Å². The number of benzene rings is 3. The van der Waals surface area contributed by atoms with Gasteiger partial charge in [0.1, 0.15) is 0 Å². The molecule has 3 rings (SSSR count). The van der Waals surface area contributed by atoms with Gasteiger partial charge in [0.25, 0.3) is 0 Å². The van der Waals surface area contributed by atoms with Gasteiger partial charge in [-0.2, -0.15) is 0 Å². The molecule has 0 aliphatic heterocycles. The second-order valence-corrected chi connectivity index (χ2v) is 15.4. The van der Waals surface area contributed by atoms with Gasteiger partial charge in [0.15, 0.2) is 0 Å². The predicted octanol–water partition coefficient (Wildman–Crippen LogP) is 4.22. The third-order valence-electron chi connectivity index (χ3n) is 5.15. The number of carbonyl (C=O) groups is 1. The first-order valence-corrected chi connectivity index (χ1v) is 15.5. The zero-order chi connectivity index (χ0) is 20.9. The fraction of sp³-hybridized carbons (Fsp3) is 0.269. The Morgan fingerprint density at radius 1 is 0.759 bits per heavy atom. The first-order valence-electron chi connectivity index (χ1n) is 10.5. The Morgan fingerprint density at radius 3 is 1.41 bits per heavy atom. The van der Waals surface area contributed by atoms with E-state index in [1.165, 1.54) is 0 Å². The van der Waals surface area contributed by atoms with Crippen molar-refractivity contribution in [2.45, 2.75) is 39.5 Å². The maximum atomic E-state index is 10.4. The molecular weight excluding hydrogens is 463 g/mol. The van der Waals surface area contributed by atoms with Gasteiger partial charge in [0.2, 0.25) is 0 Å². The molecule has 0 bridgehead atoms. The second kappa shape index (κ2) is 13.2. The van der Waals surface area contributed by atoms with E-state index in [9.17, 15) is 4.79 Å². The van der Waals surface area contributed by atoms with Crippen LogP contribution in [0.25, 0.3) is 0 Å². The normalized spacial score (nSPS) is 11.4. The van der Waals surface area contributed by atoms with Crippen LogP contribution in [-0.4, -0.2) is 30.8 Å². The molecule has 3 aromatic carbocycles. The van der Waals surface area contributed by atoms with E-state index in [4.69, 9.17) is 5.11 Å². The van der Waals surface area contributed by atoms with Crippen LogP contribution in [0.4, 0.5) is 0 Å². The molecule has 0 aromatic heterocycles. The molecule has 0 radical (unpaired) electrons. The number of hydrogen-bond donors (Lipinski definition) is 1. The molecule has 29 heavy (non-hydrogen) atoms. The molecule has 3 aromatic rings. The molecule has 1 unspecified atom stereocenters. The molecule has 152 valence electrons. The quantitative estimate of drug-likeness (QED) is 0.476. The Bertz CT molecular complexity index is 725. The van der Waals surface area contributed by atoms with Gasteiger partial charge >= 0.3 is 127 Å². The molecule has 0 fully saturated rings. The van der Waals surface area contributed by atoms with Gasteiger partial charge in [-0.05, 0) is 12.8 Å². The van der Waals surface area contributed by atoms with E-state index in [2.05, 4.69) is 97.9 Å². The Kier molecular flexibility index (Phi) is 10.6. The number of aliphatic carboxylic acids is 1. The number of rotatable bonds is 8. The van der Waals surface area contributed by atoms with Crippen LogP contribution < -0.4 is 10.7 Å². The third kappa shape index (κ3) is 7.69. The van der Waals surface area contributed by atoms with Crippen LogP contribution in [0.1, 0.15) is 39.5 Å². The van der Waals surface area contributed by atoms with Crippen LogP contribution in [-0.2, 0) is 4.79 Å². The summed E-state index contributed by atoms with van der Waals surface area (Å²) in [4.78, 5) is 10.4. The van der Waals surface area contributed by atoms with Gasteiger partial charge in [-0.15, -0.1) is 0 Å². The summed E-state index contributed by atoms with van der Waals surface area (Å²) in [6.07, 6.45) is 3.71. The molecular formula is C26H32O2Sn. The van der Waals surface area contributed by atoms with Crippen molar-refractivity contribution in [3.8, 4) is 0 Å². The fourth-order valence-electron chi connectivity index (χ4n) is 3.47. The summed E-state index contributed by atoms with van der Waals surface area (Å²) < 4.78 is 4.63. The van der Waals surface area contributed by atoms with Crippen LogP contribution in [0, 0.1) is 5.92 Å². The van der Waals surface area contributed by atoms with Gasteiger partial charge in [-0.1, -0.05) is 26.7 Å². The monoisotopic (exact) mass is 496 g/mol. The summed E-state index contributed by atoms with van der Waals surface area (Å²) in [5, 5.41) is 8.60. The van der Waals surface area contributed by atoms with E-state index in [1.807, 2.05) is 6.92 Å².